The number of aliphatic carboxylic acids is 1. The van der Waals surface area contributed by atoms with Crippen molar-refractivity contribution in [3.63, 3.8) is 0 Å². The van der Waals surface area contributed by atoms with Crippen LogP contribution in [-0.4, -0.2) is 34.5 Å². The van der Waals surface area contributed by atoms with E-state index in [1.807, 2.05) is 19.9 Å². The predicted molar refractivity (Wildman–Crippen MR) is 101 cm³/mol. The molecule has 1 aromatic heterocycles. The summed E-state index contributed by atoms with van der Waals surface area (Å²) in [5.41, 5.74) is 0.884. The first-order valence-corrected chi connectivity index (χ1v) is 9.20. The van der Waals surface area contributed by atoms with E-state index in [1.165, 1.54) is 0 Å². The number of nitrogens with zero attached hydrogens (tertiary/aromatic N) is 2. The van der Waals surface area contributed by atoms with Crippen molar-refractivity contribution >= 4 is 39.9 Å². The van der Waals surface area contributed by atoms with Crippen LogP contribution in [0.5, 0.6) is 0 Å². The summed E-state index contributed by atoms with van der Waals surface area (Å²) in [6.07, 6.45) is -0.656. The van der Waals surface area contributed by atoms with Gasteiger partial charge in [-0.15, -0.1) is 11.3 Å². The average Bonchev–Trinajstić information content (AvgIpc) is 3.01. The molecule has 0 bridgehead atoms. The number of carbonyl (C=O) groups excluding carboxylic acids is 2. The molecule has 2 rings (SSSR count). The second-order valence-electron chi connectivity index (χ2n) is 6.15. The van der Waals surface area contributed by atoms with Gasteiger partial charge in [0.25, 0.3) is 5.91 Å². The second-order valence-corrected chi connectivity index (χ2v) is 7.01. The van der Waals surface area contributed by atoms with Crippen LogP contribution >= 0.6 is 11.3 Å². The molecule has 0 aliphatic rings. The van der Waals surface area contributed by atoms with Crippen LogP contribution in [0, 0.1) is 5.92 Å². The molecule has 0 fully saturated rings. The minimum Gasteiger partial charge on any atom is -0.481 e. The van der Waals surface area contributed by atoms with Crippen molar-refractivity contribution in [3.05, 3.63) is 41.4 Å². The number of carbonyl (C=O) groups is 3. The minimum absolute atomic E-state index is 0.209. The number of rotatable bonds is 9. The van der Waals surface area contributed by atoms with Crippen LogP contribution in [-0.2, 0) is 25.6 Å². The fourth-order valence-corrected chi connectivity index (χ4v) is 2.78. The van der Waals surface area contributed by atoms with E-state index in [1.54, 1.807) is 29.6 Å². The van der Waals surface area contributed by atoms with Crippen LogP contribution in [0.1, 0.15) is 26.0 Å². The molecular formula is C18H21N3O5S. The third-order valence-electron chi connectivity index (χ3n) is 3.20. The van der Waals surface area contributed by atoms with Crippen LogP contribution in [0.2, 0.25) is 0 Å². The molecule has 0 atom stereocenters. The number of aromatic nitrogens is 1. The predicted octanol–water partition coefficient (Wildman–Crippen LogP) is 2.72. The van der Waals surface area contributed by atoms with Crippen molar-refractivity contribution in [2.24, 2.45) is 5.92 Å². The Kier molecular flexibility index (Phi) is 7.44. The van der Waals surface area contributed by atoms with E-state index >= 15 is 0 Å². The van der Waals surface area contributed by atoms with Crippen molar-refractivity contribution in [2.45, 2.75) is 26.7 Å². The third kappa shape index (κ3) is 6.80. The van der Waals surface area contributed by atoms with Crippen LogP contribution < -0.4 is 10.4 Å². The first-order chi connectivity index (χ1) is 12.8. The Morgan fingerprint density at radius 3 is 2.59 bits per heavy atom. The standard InChI is InChI=1S/C18H21N3O5S/c1-12(2)10-26-21(14-6-4-3-5-7-14)16(23)9-15(22)20-18-19-13(11-27-18)8-17(24)25/h3-7,11-12H,8-10H2,1-2H3,(H,24,25)(H,19,20,22). The van der Waals surface area contributed by atoms with Gasteiger partial charge in [-0.05, 0) is 18.1 Å². The Morgan fingerprint density at radius 2 is 1.96 bits per heavy atom. The highest BCUT2D eigenvalue weighted by Crippen LogP contribution is 2.18. The number of hydroxylamine groups is 1. The molecule has 27 heavy (non-hydrogen) atoms. The monoisotopic (exact) mass is 391 g/mol. The Balaban J connectivity index is 1.99. The zero-order valence-corrected chi connectivity index (χ0v) is 15.9. The summed E-state index contributed by atoms with van der Waals surface area (Å²) in [5.74, 6) is -1.86. The van der Waals surface area contributed by atoms with Gasteiger partial charge in [0.1, 0.15) is 6.42 Å². The smallest absolute Gasteiger partial charge is 0.309 e. The molecule has 1 aromatic carbocycles. The lowest BCUT2D eigenvalue weighted by molar-refractivity contribution is -0.136. The zero-order valence-electron chi connectivity index (χ0n) is 15.0. The summed E-state index contributed by atoms with van der Waals surface area (Å²) >= 11 is 1.10. The fourth-order valence-electron chi connectivity index (χ4n) is 2.05. The summed E-state index contributed by atoms with van der Waals surface area (Å²) < 4.78 is 0. The number of nitrogens with one attached hydrogen (secondary N) is 1. The normalized spacial score (nSPS) is 10.6. The SMILES string of the molecule is CC(C)CON(C(=O)CC(=O)Nc1nc(CC(=O)O)cs1)c1ccccc1. The Morgan fingerprint density at radius 1 is 1.26 bits per heavy atom. The molecule has 0 saturated carbocycles. The number of thiazole rings is 1. The van der Waals surface area contributed by atoms with Gasteiger partial charge in [0.15, 0.2) is 5.13 Å². The van der Waals surface area contributed by atoms with E-state index < -0.39 is 24.2 Å². The number of hydrogen-bond donors (Lipinski definition) is 2. The van der Waals surface area contributed by atoms with Crippen molar-refractivity contribution in [1.82, 2.24) is 4.98 Å². The number of amides is 2. The van der Waals surface area contributed by atoms with Gasteiger partial charge in [-0.3, -0.25) is 19.2 Å². The fraction of sp³-hybridized carbons (Fsp3) is 0.333. The zero-order chi connectivity index (χ0) is 19.8. The average molecular weight is 391 g/mol. The molecule has 0 saturated heterocycles. The molecule has 0 aliphatic carbocycles. The molecular weight excluding hydrogens is 370 g/mol. The largest absolute Gasteiger partial charge is 0.481 e. The maximum atomic E-state index is 12.6. The molecule has 0 radical (unpaired) electrons. The van der Waals surface area contributed by atoms with E-state index in [-0.39, 0.29) is 17.5 Å². The Labute approximate surface area is 160 Å². The molecule has 2 amide bonds. The van der Waals surface area contributed by atoms with Gasteiger partial charge in [0, 0.05) is 5.38 Å². The van der Waals surface area contributed by atoms with Crippen molar-refractivity contribution in [3.8, 4) is 0 Å². The van der Waals surface area contributed by atoms with Gasteiger partial charge in [-0.1, -0.05) is 32.0 Å². The lowest BCUT2D eigenvalue weighted by Crippen LogP contribution is -2.35. The lowest BCUT2D eigenvalue weighted by Gasteiger charge is -2.22. The number of carboxylic acids is 1. The highest BCUT2D eigenvalue weighted by molar-refractivity contribution is 7.13. The van der Waals surface area contributed by atoms with Crippen LogP contribution in [0.15, 0.2) is 35.7 Å². The number of hydrogen-bond acceptors (Lipinski definition) is 6. The number of benzene rings is 1. The molecule has 0 unspecified atom stereocenters. The molecule has 2 aromatic rings. The third-order valence-corrected chi connectivity index (χ3v) is 4.00. The molecule has 0 spiro atoms. The van der Waals surface area contributed by atoms with Crippen molar-refractivity contribution in [1.29, 1.82) is 0 Å². The topological polar surface area (TPSA) is 109 Å². The van der Waals surface area contributed by atoms with Crippen LogP contribution in [0.3, 0.4) is 0 Å². The quantitative estimate of drug-likeness (QED) is 0.502. The first kappa shape index (κ1) is 20.5. The maximum Gasteiger partial charge on any atom is 0.309 e. The van der Waals surface area contributed by atoms with Crippen molar-refractivity contribution < 1.29 is 24.3 Å². The van der Waals surface area contributed by atoms with Gasteiger partial charge in [-0.2, -0.15) is 5.06 Å². The van der Waals surface area contributed by atoms with Crippen LogP contribution in [0.25, 0.3) is 0 Å². The summed E-state index contributed by atoms with van der Waals surface area (Å²) in [4.78, 5) is 45.0. The van der Waals surface area contributed by atoms with E-state index in [9.17, 15) is 14.4 Å². The van der Waals surface area contributed by atoms with Gasteiger partial charge in [0.05, 0.1) is 24.4 Å². The number of carboxylic acid groups (broad SMARTS) is 1. The van der Waals surface area contributed by atoms with Gasteiger partial charge in [0.2, 0.25) is 5.91 Å². The van der Waals surface area contributed by atoms with E-state index in [4.69, 9.17) is 9.94 Å². The highest BCUT2D eigenvalue weighted by atomic mass is 32.1. The maximum absolute atomic E-state index is 12.6. The molecule has 8 nitrogen and oxygen atoms in total. The number of anilines is 2. The van der Waals surface area contributed by atoms with Gasteiger partial charge < -0.3 is 10.4 Å². The second kappa shape index (κ2) is 9.79. The van der Waals surface area contributed by atoms with Crippen molar-refractivity contribution in [2.75, 3.05) is 17.0 Å². The lowest BCUT2D eigenvalue weighted by atomic mass is 10.2. The summed E-state index contributed by atoms with van der Waals surface area (Å²) in [6, 6.07) is 8.80. The van der Waals surface area contributed by atoms with E-state index in [2.05, 4.69) is 10.3 Å². The van der Waals surface area contributed by atoms with E-state index in [0.717, 1.165) is 16.4 Å². The molecule has 1 heterocycles. The highest BCUT2D eigenvalue weighted by Gasteiger charge is 2.21. The van der Waals surface area contributed by atoms with Gasteiger partial charge in [-0.25, -0.2) is 4.98 Å². The van der Waals surface area contributed by atoms with E-state index in [0.29, 0.717) is 18.0 Å². The number of para-hydroxylation sites is 1. The summed E-state index contributed by atoms with van der Waals surface area (Å²) in [6.45, 7) is 4.24. The van der Waals surface area contributed by atoms with Gasteiger partial charge >= 0.3 is 5.97 Å². The molecule has 0 aliphatic heterocycles. The molecule has 144 valence electrons. The Bertz CT molecular complexity index is 791. The minimum atomic E-state index is -1.01. The van der Waals surface area contributed by atoms with Crippen LogP contribution in [0.4, 0.5) is 10.8 Å². The first-order valence-electron chi connectivity index (χ1n) is 8.32. The molecule has 9 heteroatoms. The molecule has 2 N–H and O–H groups in total. The Hall–Kier alpha value is -2.78. The summed E-state index contributed by atoms with van der Waals surface area (Å²) in [5, 5.41) is 14.2. The summed E-state index contributed by atoms with van der Waals surface area (Å²) in [7, 11) is 0.